The standard InChI is InChI=1S/C23H32N6O6S/c1-11(2)19(29-20(31)14(24)10-36)22(33)27-16(21(32)28-17(23(34)35)8-18(25)30)7-12-9-26-15-6-4-3-5-13(12)15/h3-6,9,11,14,16-17,19,26,36H,7-8,10,24H2,1-2H3,(H2,25,30)(H,27,33)(H,28,32)(H,29,31)(H,34,35). The molecule has 0 fully saturated rings. The Morgan fingerprint density at radius 2 is 1.64 bits per heavy atom. The summed E-state index contributed by atoms with van der Waals surface area (Å²) in [5.41, 5.74) is 12.3. The largest absolute Gasteiger partial charge is 0.480 e. The summed E-state index contributed by atoms with van der Waals surface area (Å²) >= 11 is 3.99. The molecule has 1 heterocycles. The molecule has 0 radical (unpaired) electrons. The third kappa shape index (κ3) is 7.71. The maximum atomic E-state index is 13.2. The minimum absolute atomic E-state index is 0.000583. The van der Waals surface area contributed by atoms with Crippen molar-refractivity contribution < 1.29 is 29.1 Å². The van der Waals surface area contributed by atoms with Crippen LogP contribution in [0.3, 0.4) is 0 Å². The van der Waals surface area contributed by atoms with Gasteiger partial charge in [-0.05, 0) is 17.5 Å². The van der Waals surface area contributed by atoms with Gasteiger partial charge < -0.3 is 37.5 Å². The van der Waals surface area contributed by atoms with E-state index in [0.29, 0.717) is 5.56 Å². The minimum atomic E-state index is -1.58. The molecule has 12 nitrogen and oxygen atoms in total. The summed E-state index contributed by atoms with van der Waals surface area (Å²) in [7, 11) is 0. The molecule has 2 aromatic rings. The fourth-order valence-corrected chi connectivity index (χ4v) is 3.71. The Bertz CT molecular complexity index is 1120. The maximum absolute atomic E-state index is 13.2. The highest BCUT2D eigenvalue weighted by molar-refractivity contribution is 7.80. The van der Waals surface area contributed by atoms with E-state index in [4.69, 9.17) is 11.5 Å². The molecule has 13 heteroatoms. The first-order valence-corrected chi connectivity index (χ1v) is 11.9. The molecule has 0 aliphatic rings. The number of rotatable bonds is 13. The van der Waals surface area contributed by atoms with Gasteiger partial charge in [0.2, 0.25) is 23.6 Å². The number of aliphatic carboxylic acids is 1. The zero-order valence-electron chi connectivity index (χ0n) is 20.0. The van der Waals surface area contributed by atoms with Gasteiger partial charge in [0.25, 0.3) is 0 Å². The van der Waals surface area contributed by atoms with E-state index in [0.717, 1.165) is 10.9 Å². The first-order chi connectivity index (χ1) is 16.9. The normalized spacial score (nSPS) is 14.5. The van der Waals surface area contributed by atoms with E-state index in [1.165, 1.54) is 0 Å². The molecule has 1 aromatic heterocycles. The number of aromatic nitrogens is 1. The van der Waals surface area contributed by atoms with Crippen molar-refractivity contribution in [2.45, 2.75) is 50.9 Å². The fourth-order valence-electron chi connectivity index (χ4n) is 3.54. The van der Waals surface area contributed by atoms with Gasteiger partial charge >= 0.3 is 5.97 Å². The van der Waals surface area contributed by atoms with Gasteiger partial charge in [0.15, 0.2) is 0 Å². The number of carbonyl (C=O) groups excluding carboxylic acids is 4. The number of nitrogens with one attached hydrogen (secondary N) is 4. The minimum Gasteiger partial charge on any atom is -0.480 e. The average molecular weight is 521 g/mol. The lowest BCUT2D eigenvalue weighted by atomic mass is 10.00. The number of carboxylic acids is 1. The molecule has 4 unspecified atom stereocenters. The van der Waals surface area contributed by atoms with Crippen LogP contribution in [0.1, 0.15) is 25.8 Å². The molecule has 9 N–H and O–H groups in total. The first-order valence-electron chi connectivity index (χ1n) is 11.3. The van der Waals surface area contributed by atoms with Crippen molar-refractivity contribution in [2.75, 3.05) is 5.75 Å². The number of amides is 4. The Morgan fingerprint density at radius 3 is 2.22 bits per heavy atom. The molecule has 196 valence electrons. The lowest BCUT2D eigenvalue weighted by molar-refractivity contribution is -0.143. The SMILES string of the molecule is CC(C)C(NC(=O)C(N)CS)C(=O)NC(Cc1c[nH]c2ccccc12)C(=O)NC(CC(N)=O)C(=O)O. The lowest BCUT2D eigenvalue weighted by Gasteiger charge is -2.26. The van der Waals surface area contributed by atoms with Gasteiger partial charge in [-0.1, -0.05) is 32.0 Å². The second-order valence-electron chi connectivity index (χ2n) is 8.71. The number of nitrogens with two attached hydrogens (primary N) is 2. The van der Waals surface area contributed by atoms with E-state index < -0.39 is 60.2 Å². The number of carbonyl (C=O) groups is 5. The Labute approximate surface area is 213 Å². The number of para-hydroxylation sites is 1. The second-order valence-corrected chi connectivity index (χ2v) is 9.08. The number of H-pyrrole nitrogens is 1. The van der Waals surface area contributed by atoms with Gasteiger partial charge in [-0.3, -0.25) is 19.2 Å². The zero-order valence-corrected chi connectivity index (χ0v) is 20.9. The van der Waals surface area contributed by atoms with Crippen LogP contribution in [0.15, 0.2) is 30.5 Å². The van der Waals surface area contributed by atoms with E-state index in [1.54, 1.807) is 20.0 Å². The number of primary amides is 1. The second kappa shape index (κ2) is 12.9. The van der Waals surface area contributed by atoms with Crippen LogP contribution in [0.2, 0.25) is 0 Å². The van der Waals surface area contributed by atoms with Crippen molar-refractivity contribution in [3.05, 3.63) is 36.0 Å². The van der Waals surface area contributed by atoms with Crippen LogP contribution in [0.5, 0.6) is 0 Å². The van der Waals surface area contributed by atoms with Crippen LogP contribution in [0.4, 0.5) is 0 Å². The highest BCUT2D eigenvalue weighted by atomic mass is 32.1. The molecular weight excluding hydrogens is 488 g/mol. The van der Waals surface area contributed by atoms with Crippen molar-refractivity contribution >= 4 is 53.1 Å². The molecule has 2 rings (SSSR count). The van der Waals surface area contributed by atoms with Gasteiger partial charge in [-0.25, -0.2) is 4.79 Å². The monoisotopic (exact) mass is 520 g/mol. The van der Waals surface area contributed by atoms with Crippen molar-refractivity contribution in [1.82, 2.24) is 20.9 Å². The number of hydrogen-bond acceptors (Lipinski definition) is 7. The Morgan fingerprint density at radius 1 is 1.00 bits per heavy atom. The molecule has 4 amide bonds. The van der Waals surface area contributed by atoms with Gasteiger partial charge in [0, 0.05) is 29.3 Å². The lowest BCUT2D eigenvalue weighted by Crippen LogP contribution is -2.59. The van der Waals surface area contributed by atoms with Gasteiger partial charge in [0.1, 0.15) is 18.1 Å². The summed E-state index contributed by atoms with van der Waals surface area (Å²) in [5.74, 6) is -4.73. The molecule has 0 aliphatic heterocycles. The fraction of sp³-hybridized carbons (Fsp3) is 0.435. The number of carboxylic acid groups (broad SMARTS) is 1. The Kier molecular flexibility index (Phi) is 10.3. The van der Waals surface area contributed by atoms with Crippen LogP contribution in [0.25, 0.3) is 10.9 Å². The summed E-state index contributed by atoms with van der Waals surface area (Å²) in [6.45, 7) is 3.41. The molecule has 0 spiro atoms. The number of fused-ring (bicyclic) bond motifs is 1. The molecule has 0 saturated heterocycles. The maximum Gasteiger partial charge on any atom is 0.326 e. The molecule has 0 bridgehead atoms. The van der Waals surface area contributed by atoms with Gasteiger partial charge in [0.05, 0.1) is 12.5 Å². The third-order valence-electron chi connectivity index (χ3n) is 5.53. The van der Waals surface area contributed by atoms with Gasteiger partial charge in [-0.15, -0.1) is 0 Å². The van der Waals surface area contributed by atoms with E-state index in [9.17, 15) is 29.1 Å². The number of benzene rings is 1. The van der Waals surface area contributed by atoms with Crippen LogP contribution in [0, 0.1) is 5.92 Å². The molecule has 4 atom stereocenters. The quantitative estimate of drug-likeness (QED) is 0.155. The van der Waals surface area contributed by atoms with E-state index >= 15 is 0 Å². The summed E-state index contributed by atoms with van der Waals surface area (Å²) in [6, 6.07) is 2.56. The Balaban J connectivity index is 2.33. The van der Waals surface area contributed by atoms with E-state index in [1.807, 2.05) is 24.3 Å². The molecule has 36 heavy (non-hydrogen) atoms. The van der Waals surface area contributed by atoms with Crippen molar-refractivity contribution in [3.63, 3.8) is 0 Å². The summed E-state index contributed by atoms with van der Waals surface area (Å²) in [5, 5.41) is 17.6. The predicted octanol–water partition coefficient (Wildman–Crippen LogP) is -0.962. The zero-order chi connectivity index (χ0) is 27.0. The summed E-state index contributed by atoms with van der Waals surface area (Å²) < 4.78 is 0. The van der Waals surface area contributed by atoms with E-state index in [2.05, 4.69) is 33.6 Å². The Hall–Kier alpha value is -3.58. The van der Waals surface area contributed by atoms with E-state index in [-0.39, 0.29) is 18.1 Å². The summed E-state index contributed by atoms with van der Waals surface area (Å²) in [6.07, 6.45) is 1.06. The number of hydrogen-bond donors (Lipinski definition) is 8. The topological polar surface area (TPSA) is 209 Å². The van der Waals surface area contributed by atoms with Crippen LogP contribution < -0.4 is 27.4 Å². The molecule has 1 aromatic carbocycles. The average Bonchev–Trinajstić information content (AvgIpc) is 3.22. The highest BCUT2D eigenvalue weighted by Gasteiger charge is 2.32. The predicted molar refractivity (Wildman–Crippen MR) is 136 cm³/mol. The van der Waals surface area contributed by atoms with Crippen molar-refractivity contribution in [3.8, 4) is 0 Å². The third-order valence-corrected chi connectivity index (χ3v) is 5.93. The smallest absolute Gasteiger partial charge is 0.326 e. The highest BCUT2D eigenvalue weighted by Crippen LogP contribution is 2.19. The first kappa shape index (κ1) is 28.7. The molecule has 0 saturated carbocycles. The van der Waals surface area contributed by atoms with Crippen LogP contribution >= 0.6 is 12.6 Å². The van der Waals surface area contributed by atoms with Crippen molar-refractivity contribution in [2.24, 2.45) is 17.4 Å². The van der Waals surface area contributed by atoms with Gasteiger partial charge in [-0.2, -0.15) is 12.6 Å². The molecular formula is C23H32N6O6S. The number of aromatic amines is 1. The molecule has 0 aliphatic carbocycles. The van der Waals surface area contributed by atoms with Crippen LogP contribution in [-0.4, -0.2) is 69.6 Å². The summed E-state index contributed by atoms with van der Waals surface area (Å²) in [4.78, 5) is 64.5. The van der Waals surface area contributed by atoms with Crippen LogP contribution in [-0.2, 0) is 30.4 Å². The van der Waals surface area contributed by atoms with Crippen molar-refractivity contribution in [1.29, 1.82) is 0 Å². The number of thiol groups is 1.